The molecule has 0 radical (unpaired) electrons. The smallest absolute Gasteiger partial charge is 0.328 e. The highest BCUT2D eigenvalue weighted by molar-refractivity contribution is 5.85. The molecule has 0 saturated heterocycles. The first-order chi connectivity index (χ1) is 9.65. The lowest BCUT2D eigenvalue weighted by molar-refractivity contribution is -0.131. The highest BCUT2D eigenvalue weighted by Gasteiger charge is 2.29. The lowest BCUT2D eigenvalue weighted by atomic mass is 10.1. The van der Waals surface area contributed by atoms with E-state index < -0.39 is 5.97 Å². The number of nitrogens with zero attached hydrogens (tertiary/aromatic N) is 2. The molecule has 0 bridgehead atoms. The largest absolute Gasteiger partial charge is 0.478 e. The Morgan fingerprint density at radius 2 is 2.30 bits per heavy atom. The van der Waals surface area contributed by atoms with Crippen molar-refractivity contribution in [3.8, 4) is 6.07 Å². The normalized spacial score (nSPS) is 13.9. The molecule has 1 aliphatic carbocycles. The molecule has 2 rings (SSSR count). The van der Waals surface area contributed by atoms with Gasteiger partial charge in [0, 0.05) is 18.7 Å². The fraction of sp³-hybridized carbons (Fsp3) is 0.250. The van der Waals surface area contributed by atoms with Gasteiger partial charge in [0.05, 0.1) is 11.3 Å². The third kappa shape index (κ3) is 3.27. The Bertz CT molecular complexity index is 595. The summed E-state index contributed by atoms with van der Waals surface area (Å²) < 4.78 is 0. The summed E-state index contributed by atoms with van der Waals surface area (Å²) in [4.78, 5) is 12.7. The number of carboxylic acids is 1. The number of rotatable bonds is 6. The van der Waals surface area contributed by atoms with E-state index in [0.29, 0.717) is 23.7 Å². The van der Waals surface area contributed by atoms with Crippen molar-refractivity contribution in [1.29, 1.82) is 5.26 Å². The summed E-state index contributed by atoms with van der Waals surface area (Å²) in [7, 11) is 0. The van der Waals surface area contributed by atoms with Crippen LogP contribution in [0.15, 0.2) is 36.9 Å². The summed E-state index contributed by atoms with van der Waals surface area (Å²) >= 11 is 0. The van der Waals surface area contributed by atoms with E-state index >= 15 is 0 Å². The molecule has 0 spiro atoms. The molecule has 1 aromatic rings. The van der Waals surface area contributed by atoms with Gasteiger partial charge in [-0.05, 0) is 36.6 Å². The van der Waals surface area contributed by atoms with E-state index in [-0.39, 0.29) is 0 Å². The lowest BCUT2D eigenvalue weighted by Gasteiger charge is -2.24. The maximum atomic E-state index is 10.5. The quantitative estimate of drug-likeness (QED) is 0.636. The van der Waals surface area contributed by atoms with Crippen molar-refractivity contribution in [3.63, 3.8) is 0 Å². The molecular weight excluding hydrogens is 252 g/mol. The highest BCUT2D eigenvalue weighted by Crippen LogP contribution is 2.33. The summed E-state index contributed by atoms with van der Waals surface area (Å²) in [5.41, 5.74) is 2.16. The van der Waals surface area contributed by atoms with Crippen LogP contribution in [0.2, 0.25) is 0 Å². The summed E-state index contributed by atoms with van der Waals surface area (Å²) in [5, 5.41) is 17.9. The van der Waals surface area contributed by atoms with Gasteiger partial charge in [-0.2, -0.15) is 5.26 Å². The Kier molecular flexibility index (Phi) is 4.21. The zero-order valence-corrected chi connectivity index (χ0v) is 11.1. The number of anilines is 1. The zero-order valence-electron chi connectivity index (χ0n) is 11.1. The van der Waals surface area contributed by atoms with Crippen molar-refractivity contribution in [2.45, 2.75) is 18.9 Å². The number of carbonyl (C=O) groups is 1. The number of nitriles is 1. The van der Waals surface area contributed by atoms with Crippen molar-refractivity contribution >= 4 is 17.7 Å². The first-order valence-corrected chi connectivity index (χ1v) is 6.48. The Balaban J connectivity index is 2.32. The molecule has 0 heterocycles. The van der Waals surface area contributed by atoms with Gasteiger partial charge >= 0.3 is 5.97 Å². The van der Waals surface area contributed by atoms with Gasteiger partial charge in [-0.25, -0.2) is 4.79 Å². The van der Waals surface area contributed by atoms with Gasteiger partial charge in [-0.15, -0.1) is 6.58 Å². The van der Waals surface area contributed by atoms with Gasteiger partial charge in [-0.1, -0.05) is 12.1 Å². The van der Waals surface area contributed by atoms with Crippen molar-refractivity contribution in [3.05, 3.63) is 48.1 Å². The van der Waals surface area contributed by atoms with Gasteiger partial charge < -0.3 is 10.0 Å². The van der Waals surface area contributed by atoms with Gasteiger partial charge in [0.2, 0.25) is 0 Å². The van der Waals surface area contributed by atoms with E-state index in [1.807, 2.05) is 18.2 Å². The molecule has 4 nitrogen and oxygen atoms in total. The molecule has 0 unspecified atom stereocenters. The third-order valence-electron chi connectivity index (χ3n) is 3.18. The Morgan fingerprint density at radius 1 is 1.55 bits per heavy atom. The zero-order chi connectivity index (χ0) is 14.5. The van der Waals surface area contributed by atoms with Crippen LogP contribution in [-0.2, 0) is 4.79 Å². The first kappa shape index (κ1) is 13.9. The molecule has 1 N–H and O–H groups in total. The molecule has 0 aromatic heterocycles. The molecule has 0 amide bonds. The fourth-order valence-corrected chi connectivity index (χ4v) is 2.13. The fourth-order valence-electron chi connectivity index (χ4n) is 2.13. The minimum Gasteiger partial charge on any atom is -0.478 e. The van der Waals surface area contributed by atoms with E-state index in [0.717, 1.165) is 24.6 Å². The second-order valence-electron chi connectivity index (χ2n) is 4.73. The number of benzene rings is 1. The molecule has 1 fully saturated rings. The molecule has 0 atom stereocenters. The maximum absolute atomic E-state index is 10.5. The summed E-state index contributed by atoms with van der Waals surface area (Å²) in [6.45, 7) is 4.47. The van der Waals surface area contributed by atoms with Crippen molar-refractivity contribution in [1.82, 2.24) is 0 Å². The van der Waals surface area contributed by atoms with E-state index in [1.54, 1.807) is 6.07 Å². The Hall–Kier alpha value is -2.54. The maximum Gasteiger partial charge on any atom is 0.328 e. The van der Waals surface area contributed by atoms with Crippen LogP contribution in [-0.4, -0.2) is 23.7 Å². The minimum absolute atomic E-state index is 0.487. The highest BCUT2D eigenvalue weighted by atomic mass is 16.4. The number of hydrogen-bond acceptors (Lipinski definition) is 3. The molecule has 1 aromatic carbocycles. The van der Waals surface area contributed by atoms with Crippen LogP contribution in [0.1, 0.15) is 24.0 Å². The van der Waals surface area contributed by atoms with Crippen LogP contribution in [0.4, 0.5) is 5.69 Å². The van der Waals surface area contributed by atoms with Gasteiger partial charge in [0.15, 0.2) is 0 Å². The molecular formula is C16H16N2O2. The predicted molar refractivity (Wildman–Crippen MR) is 78.4 cm³/mol. The summed E-state index contributed by atoms with van der Waals surface area (Å²) in [6, 6.07) is 8.09. The summed E-state index contributed by atoms with van der Waals surface area (Å²) in [5.74, 6) is -1.00. The number of aliphatic carboxylic acids is 1. The average molecular weight is 268 g/mol. The van der Waals surface area contributed by atoms with E-state index in [9.17, 15) is 10.1 Å². The molecule has 1 saturated carbocycles. The van der Waals surface area contributed by atoms with E-state index in [2.05, 4.69) is 17.5 Å². The lowest BCUT2D eigenvalue weighted by Crippen LogP contribution is -2.26. The van der Waals surface area contributed by atoms with E-state index in [1.165, 1.54) is 6.08 Å². The Morgan fingerprint density at radius 3 is 2.85 bits per heavy atom. The topological polar surface area (TPSA) is 64.3 Å². The van der Waals surface area contributed by atoms with Gasteiger partial charge in [0.1, 0.15) is 6.07 Å². The van der Waals surface area contributed by atoms with Gasteiger partial charge in [0.25, 0.3) is 0 Å². The monoisotopic (exact) mass is 268 g/mol. The number of hydrogen-bond donors (Lipinski definition) is 1. The predicted octanol–water partition coefficient (Wildman–Crippen LogP) is 2.81. The molecule has 20 heavy (non-hydrogen) atoms. The minimum atomic E-state index is -1.00. The third-order valence-corrected chi connectivity index (χ3v) is 3.18. The van der Waals surface area contributed by atoms with Crippen LogP contribution in [0, 0.1) is 11.3 Å². The van der Waals surface area contributed by atoms with Crippen LogP contribution >= 0.6 is 0 Å². The second kappa shape index (κ2) is 6.07. The van der Waals surface area contributed by atoms with Crippen LogP contribution in [0.5, 0.6) is 0 Å². The van der Waals surface area contributed by atoms with Gasteiger partial charge in [-0.3, -0.25) is 0 Å². The molecule has 1 aliphatic rings. The standard InChI is InChI=1S/C16H16N2O2/c1-2-9-18(14-5-6-14)15-7-3-12(4-8-16(19)20)10-13(15)11-17/h2-4,7-8,10,14H,1,5-6,9H2,(H,19,20)/b8-4+. The Labute approximate surface area is 118 Å². The van der Waals surface area contributed by atoms with Crippen LogP contribution < -0.4 is 4.90 Å². The van der Waals surface area contributed by atoms with Crippen molar-refractivity contribution in [2.75, 3.05) is 11.4 Å². The van der Waals surface area contributed by atoms with Crippen molar-refractivity contribution < 1.29 is 9.90 Å². The SMILES string of the molecule is C=CCN(c1ccc(/C=C/C(=O)O)cc1C#N)C1CC1. The second-order valence-corrected chi connectivity index (χ2v) is 4.73. The molecule has 4 heteroatoms. The molecule has 0 aliphatic heterocycles. The average Bonchev–Trinajstić information content (AvgIpc) is 3.27. The molecule has 102 valence electrons. The van der Waals surface area contributed by atoms with E-state index in [4.69, 9.17) is 5.11 Å². The number of carboxylic acid groups (broad SMARTS) is 1. The van der Waals surface area contributed by atoms with Crippen LogP contribution in [0.25, 0.3) is 6.08 Å². The summed E-state index contributed by atoms with van der Waals surface area (Å²) in [6.07, 6.45) is 6.66. The van der Waals surface area contributed by atoms with Crippen LogP contribution in [0.3, 0.4) is 0 Å². The first-order valence-electron chi connectivity index (χ1n) is 6.48. The van der Waals surface area contributed by atoms with Crippen molar-refractivity contribution in [2.24, 2.45) is 0 Å².